The zero-order chi connectivity index (χ0) is 9.19. The van der Waals surface area contributed by atoms with Crippen LogP contribution >= 0.6 is 12.6 Å². The van der Waals surface area contributed by atoms with Gasteiger partial charge in [0.25, 0.3) is 0 Å². The minimum Gasteiger partial charge on any atom is -0.390 e. The Balaban J connectivity index is 2.83. The van der Waals surface area contributed by atoms with Gasteiger partial charge >= 0.3 is 0 Å². The summed E-state index contributed by atoms with van der Waals surface area (Å²) in [5.74, 6) is 0. The van der Waals surface area contributed by atoms with Gasteiger partial charge in [0.2, 0.25) is 0 Å². The molecule has 0 amide bonds. The highest BCUT2D eigenvalue weighted by Gasteiger charge is 2.14. The summed E-state index contributed by atoms with van der Waals surface area (Å²) in [5.41, 5.74) is 0.437. The van der Waals surface area contributed by atoms with Crippen molar-refractivity contribution in [3.8, 4) is 0 Å². The molecule has 2 heteroatoms. The van der Waals surface area contributed by atoms with E-state index < -0.39 is 5.60 Å². The maximum Gasteiger partial charge on any atom is 0.0632 e. The van der Waals surface area contributed by atoms with Crippen molar-refractivity contribution in [1.82, 2.24) is 0 Å². The molecule has 0 saturated heterocycles. The van der Waals surface area contributed by atoms with Crippen LogP contribution in [-0.2, 0) is 6.42 Å². The fourth-order valence-corrected chi connectivity index (χ4v) is 1.37. The summed E-state index contributed by atoms with van der Waals surface area (Å²) >= 11 is 4.30. The number of hydrogen-bond acceptors (Lipinski definition) is 2. The van der Waals surface area contributed by atoms with Crippen LogP contribution in [0.1, 0.15) is 19.4 Å². The molecule has 0 aliphatic carbocycles. The number of aliphatic hydroxyl groups is 1. The van der Waals surface area contributed by atoms with Crippen LogP contribution < -0.4 is 0 Å². The monoisotopic (exact) mass is 182 g/mol. The molecule has 0 bridgehead atoms. The second-order valence-electron chi connectivity index (χ2n) is 3.62. The van der Waals surface area contributed by atoms with Crippen molar-refractivity contribution in [2.24, 2.45) is 0 Å². The minimum absolute atomic E-state index is 0.646. The molecule has 12 heavy (non-hydrogen) atoms. The Labute approximate surface area is 78.8 Å². The van der Waals surface area contributed by atoms with Gasteiger partial charge in [0.1, 0.15) is 0 Å². The number of benzene rings is 1. The van der Waals surface area contributed by atoms with Gasteiger partial charge in [-0.15, -0.1) is 12.6 Å². The van der Waals surface area contributed by atoms with Crippen molar-refractivity contribution in [3.63, 3.8) is 0 Å². The van der Waals surface area contributed by atoms with Crippen molar-refractivity contribution >= 4 is 12.6 Å². The van der Waals surface area contributed by atoms with E-state index in [0.717, 1.165) is 10.5 Å². The lowest BCUT2D eigenvalue weighted by Gasteiger charge is -2.17. The molecule has 0 fully saturated rings. The average Bonchev–Trinajstić information content (AvgIpc) is 1.91. The molecule has 66 valence electrons. The smallest absolute Gasteiger partial charge is 0.0632 e. The molecule has 0 atom stereocenters. The topological polar surface area (TPSA) is 20.2 Å². The second-order valence-corrected chi connectivity index (χ2v) is 4.10. The Bertz CT molecular complexity index is 263. The third-order valence-electron chi connectivity index (χ3n) is 1.61. The van der Waals surface area contributed by atoms with Crippen LogP contribution in [0, 0.1) is 0 Å². The lowest BCUT2D eigenvalue weighted by molar-refractivity contribution is 0.0804. The Kier molecular flexibility index (Phi) is 2.80. The number of hydrogen-bond donors (Lipinski definition) is 2. The molecule has 0 aromatic heterocycles. The van der Waals surface area contributed by atoms with Gasteiger partial charge in [-0.25, -0.2) is 0 Å². The van der Waals surface area contributed by atoms with E-state index in [1.54, 1.807) is 13.8 Å². The standard InChI is InChI=1S/C10H14OS/c1-10(2,11)7-8-5-3-4-6-9(8)12/h3-6,11-12H,7H2,1-2H3. The molecule has 1 rings (SSSR count). The van der Waals surface area contributed by atoms with Gasteiger partial charge in [-0.2, -0.15) is 0 Å². The Hall–Kier alpha value is -0.470. The van der Waals surface area contributed by atoms with Crippen LogP contribution in [0.15, 0.2) is 29.2 Å². The summed E-state index contributed by atoms with van der Waals surface area (Å²) in [5, 5.41) is 9.56. The van der Waals surface area contributed by atoms with Gasteiger partial charge in [-0.1, -0.05) is 18.2 Å². The van der Waals surface area contributed by atoms with Gasteiger partial charge in [0.15, 0.2) is 0 Å². The van der Waals surface area contributed by atoms with E-state index in [2.05, 4.69) is 12.6 Å². The van der Waals surface area contributed by atoms with Crippen molar-refractivity contribution < 1.29 is 5.11 Å². The van der Waals surface area contributed by atoms with Gasteiger partial charge in [-0.3, -0.25) is 0 Å². The van der Waals surface area contributed by atoms with E-state index in [-0.39, 0.29) is 0 Å². The number of rotatable bonds is 2. The normalized spacial score (nSPS) is 11.7. The van der Waals surface area contributed by atoms with Crippen LogP contribution in [0.4, 0.5) is 0 Å². The molecule has 0 spiro atoms. The molecule has 0 heterocycles. The summed E-state index contributed by atoms with van der Waals surface area (Å²) in [6.45, 7) is 3.60. The Morgan fingerprint density at radius 2 is 1.92 bits per heavy atom. The average molecular weight is 182 g/mol. The lowest BCUT2D eigenvalue weighted by Crippen LogP contribution is -2.22. The van der Waals surface area contributed by atoms with E-state index in [4.69, 9.17) is 0 Å². The Morgan fingerprint density at radius 3 is 2.42 bits per heavy atom. The summed E-state index contributed by atoms with van der Waals surface area (Å²) in [6, 6.07) is 7.82. The third-order valence-corrected chi connectivity index (χ3v) is 2.05. The van der Waals surface area contributed by atoms with Crippen molar-refractivity contribution in [2.75, 3.05) is 0 Å². The highest BCUT2D eigenvalue weighted by molar-refractivity contribution is 7.80. The van der Waals surface area contributed by atoms with Gasteiger partial charge in [0, 0.05) is 11.3 Å². The van der Waals surface area contributed by atoms with Gasteiger partial charge in [-0.05, 0) is 25.5 Å². The molecule has 0 aliphatic rings. The summed E-state index contributed by atoms with van der Waals surface area (Å²) in [6.07, 6.45) is 0.646. The van der Waals surface area contributed by atoms with Crippen LogP contribution in [0.3, 0.4) is 0 Å². The van der Waals surface area contributed by atoms with Gasteiger partial charge in [0.05, 0.1) is 5.60 Å². The van der Waals surface area contributed by atoms with Crippen LogP contribution in [0.2, 0.25) is 0 Å². The first-order chi connectivity index (χ1) is 5.49. The first-order valence-corrected chi connectivity index (χ1v) is 4.43. The zero-order valence-electron chi connectivity index (χ0n) is 7.41. The second kappa shape index (κ2) is 3.50. The quantitative estimate of drug-likeness (QED) is 0.672. The number of thiol groups is 1. The minimum atomic E-state index is -0.654. The fraction of sp³-hybridized carbons (Fsp3) is 0.400. The van der Waals surface area contributed by atoms with Crippen molar-refractivity contribution in [1.29, 1.82) is 0 Å². The maximum absolute atomic E-state index is 9.56. The van der Waals surface area contributed by atoms with Crippen LogP contribution in [-0.4, -0.2) is 10.7 Å². The molecular weight excluding hydrogens is 168 g/mol. The highest BCUT2D eigenvalue weighted by atomic mass is 32.1. The van der Waals surface area contributed by atoms with Crippen molar-refractivity contribution in [3.05, 3.63) is 29.8 Å². The first kappa shape index (κ1) is 9.62. The Morgan fingerprint density at radius 1 is 1.33 bits per heavy atom. The van der Waals surface area contributed by atoms with E-state index in [1.165, 1.54) is 0 Å². The van der Waals surface area contributed by atoms with Crippen LogP contribution in [0.5, 0.6) is 0 Å². The summed E-state index contributed by atoms with van der Waals surface area (Å²) < 4.78 is 0. The van der Waals surface area contributed by atoms with Crippen molar-refractivity contribution in [2.45, 2.75) is 30.8 Å². The molecule has 1 aromatic rings. The molecule has 1 N–H and O–H groups in total. The van der Waals surface area contributed by atoms with E-state index in [1.807, 2.05) is 24.3 Å². The molecule has 1 nitrogen and oxygen atoms in total. The molecule has 0 saturated carbocycles. The van der Waals surface area contributed by atoms with E-state index in [9.17, 15) is 5.11 Å². The molecule has 0 unspecified atom stereocenters. The first-order valence-electron chi connectivity index (χ1n) is 3.98. The third kappa shape index (κ3) is 2.88. The molecule has 1 aromatic carbocycles. The maximum atomic E-state index is 9.56. The van der Waals surface area contributed by atoms with Gasteiger partial charge < -0.3 is 5.11 Å². The summed E-state index contributed by atoms with van der Waals surface area (Å²) in [7, 11) is 0. The molecule has 0 aliphatic heterocycles. The lowest BCUT2D eigenvalue weighted by atomic mass is 9.99. The molecule has 0 radical (unpaired) electrons. The fourth-order valence-electron chi connectivity index (χ4n) is 1.13. The largest absolute Gasteiger partial charge is 0.390 e. The predicted molar refractivity (Wildman–Crippen MR) is 53.7 cm³/mol. The summed E-state index contributed by atoms with van der Waals surface area (Å²) in [4.78, 5) is 0.944. The highest BCUT2D eigenvalue weighted by Crippen LogP contribution is 2.18. The predicted octanol–water partition coefficient (Wildman–Crippen LogP) is 2.29. The van der Waals surface area contributed by atoms with Crippen LogP contribution in [0.25, 0.3) is 0 Å². The SMILES string of the molecule is CC(C)(O)Cc1ccccc1S. The van der Waals surface area contributed by atoms with E-state index >= 15 is 0 Å². The van der Waals surface area contributed by atoms with E-state index in [0.29, 0.717) is 6.42 Å². The zero-order valence-corrected chi connectivity index (χ0v) is 8.31. The molecular formula is C10H14OS.